The molecule has 1 aliphatic carbocycles. The number of hydrogen-bond acceptors (Lipinski definition) is 3. The quantitative estimate of drug-likeness (QED) is 0.556. The van der Waals surface area contributed by atoms with Gasteiger partial charge in [-0.2, -0.15) is 0 Å². The maximum absolute atomic E-state index is 12.0. The predicted molar refractivity (Wildman–Crippen MR) is 81.0 cm³/mol. The van der Waals surface area contributed by atoms with E-state index >= 15 is 0 Å². The van der Waals surface area contributed by atoms with Gasteiger partial charge in [-0.05, 0) is 44.9 Å². The number of nitrogens with two attached hydrogens (primary N) is 1. The number of carbonyl (C=O) groups is 1. The van der Waals surface area contributed by atoms with Gasteiger partial charge < -0.3 is 15.8 Å². The fourth-order valence-corrected chi connectivity index (χ4v) is 2.75. The lowest BCUT2D eigenvalue weighted by atomic mass is 9.77. The Morgan fingerprint density at radius 3 is 2.63 bits per heavy atom. The van der Waals surface area contributed by atoms with E-state index in [-0.39, 0.29) is 5.91 Å². The van der Waals surface area contributed by atoms with Crippen molar-refractivity contribution in [3.05, 3.63) is 0 Å². The van der Waals surface area contributed by atoms with E-state index in [1.807, 2.05) is 6.92 Å². The zero-order valence-corrected chi connectivity index (χ0v) is 12.9. The number of amides is 1. The molecule has 0 spiro atoms. The van der Waals surface area contributed by atoms with Crippen LogP contribution in [-0.2, 0) is 9.53 Å². The van der Waals surface area contributed by atoms with Crippen LogP contribution in [-0.4, -0.2) is 29.6 Å². The molecule has 1 saturated carbocycles. The van der Waals surface area contributed by atoms with Gasteiger partial charge in [-0.15, -0.1) is 0 Å². The monoisotopic (exact) mass is 286 g/mol. The van der Waals surface area contributed by atoms with Gasteiger partial charge in [0, 0.05) is 19.6 Å². The third-order valence-electron chi connectivity index (χ3n) is 3.87. The molecule has 1 fully saturated rings. The summed E-state index contributed by atoms with van der Waals surface area (Å²) in [6.07, 6.45) is 5.07. The fraction of sp³-hybridized carbons (Fsp3) is 0.857. The molecule has 110 valence electrons. The highest BCUT2D eigenvalue weighted by Crippen LogP contribution is 2.32. The molecule has 0 aromatic heterocycles. The molecule has 3 N–H and O–H groups in total. The molecule has 0 unspecified atom stereocenters. The van der Waals surface area contributed by atoms with Crippen LogP contribution >= 0.6 is 12.2 Å². The smallest absolute Gasteiger partial charge is 0.220 e. The molecular formula is C14H26N2O2S. The molecule has 0 aliphatic heterocycles. The summed E-state index contributed by atoms with van der Waals surface area (Å²) in [6, 6.07) is 0. The fourth-order valence-electron chi connectivity index (χ4n) is 2.50. The molecule has 5 heteroatoms. The van der Waals surface area contributed by atoms with Crippen LogP contribution in [0.1, 0.15) is 52.4 Å². The van der Waals surface area contributed by atoms with E-state index in [4.69, 9.17) is 22.7 Å². The number of rotatable bonds is 7. The highest BCUT2D eigenvalue weighted by Gasteiger charge is 2.38. The summed E-state index contributed by atoms with van der Waals surface area (Å²) >= 11 is 5.18. The lowest BCUT2D eigenvalue weighted by molar-refractivity contribution is -0.123. The Balaban J connectivity index is 2.45. The van der Waals surface area contributed by atoms with Crippen molar-refractivity contribution in [3.8, 4) is 0 Å². The van der Waals surface area contributed by atoms with Crippen LogP contribution in [0.3, 0.4) is 0 Å². The summed E-state index contributed by atoms with van der Waals surface area (Å²) in [4.78, 5) is 12.4. The second-order valence-corrected chi connectivity index (χ2v) is 5.92. The van der Waals surface area contributed by atoms with E-state index in [0.29, 0.717) is 30.5 Å². The molecule has 1 amide bonds. The van der Waals surface area contributed by atoms with E-state index in [9.17, 15) is 4.79 Å². The van der Waals surface area contributed by atoms with Crippen molar-refractivity contribution in [2.24, 2.45) is 11.7 Å². The van der Waals surface area contributed by atoms with Crippen LogP contribution in [0.4, 0.5) is 0 Å². The molecule has 0 saturated heterocycles. The van der Waals surface area contributed by atoms with E-state index in [1.165, 1.54) is 0 Å². The average molecular weight is 286 g/mol. The van der Waals surface area contributed by atoms with Crippen molar-refractivity contribution in [2.45, 2.75) is 57.9 Å². The highest BCUT2D eigenvalue weighted by atomic mass is 32.1. The molecule has 1 aliphatic rings. The molecule has 0 radical (unpaired) electrons. The van der Waals surface area contributed by atoms with Gasteiger partial charge in [-0.25, -0.2) is 0 Å². The van der Waals surface area contributed by atoms with Crippen molar-refractivity contribution < 1.29 is 9.53 Å². The first-order chi connectivity index (χ1) is 9.00. The van der Waals surface area contributed by atoms with Crippen LogP contribution in [0.5, 0.6) is 0 Å². The second kappa shape index (κ2) is 7.80. The van der Waals surface area contributed by atoms with Crippen molar-refractivity contribution >= 4 is 23.1 Å². The van der Waals surface area contributed by atoms with Crippen molar-refractivity contribution in [2.75, 3.05) is 13.2 Å². The minimum absolute atomic E-state index is 0.0297. The lowest BCUT2D eigenvalue weighted by Gasteiger charge is -2.39. The second-order valence-electron chi connectivity index (χ2n) is 5.48. The largest absolute Gasteiger partial charge is 0.391 e. The van der Waals surface area contributed by atoms with E-state index in [0.717, 1.165) is 32.1 Å². The van der Waals surface area contributed by atoms with Crippen molar-refractivity contribution in [3.63, 3.8) is 0 Å². The molecule has 4 nitrogen and oxygen atoms in total. The van der Waals surface area contributed by atoms with E-state index < -0.39 is 5.54 Å². The highest BCUT2D eigenvalue weighted by molar-refractivity contribution is 7.80. The number of thiocarbonyl (C=S) groups is 1. The Kier molecular flexibility index (Phi) is 6.72. The first-order valence-electron chi connectivity index (χ1n) is 7.19. The first-order valence-corrected chi connectivity index (χ1v) is 7.59. The number of hydrogen-bond donors (Lipinski definition) is 2. The van der Waals surface area contributed by atoms with Crippen LogP contribution < -0.4 is 11.1 Å². The van der Waals surface area contributed by atoms with Crippen LogP contribution in [0.25, 0.3) is 0 Å². The third-order valence-corrected chi connectivity index (χ3v) is 4.27. The van der Waals surface area contributed by atoms with Gasteiger partial charge in [0.05, 0.1) is 10.5 Å². The van der Waals surface area contributed by atoms with Crippen LogP contribution in [0.2, 0.25) is 0 Å². The number of ether oxygens (including phenoxy) is 1. The van der Waals surface area contributed by atoms with Crippen molar-refractivity contribution in [1.29, 1.82) is 0 Å². The Morgan fingerprint density at radius 2 is 2.11 bits per heavy atom. The van der Waals surface area contributed by atoms with Gasteiger partial charge in [-0.1, -0.05) is 19.1 Å². The summed E-state index contributed by atoms with van der Waals surface area (Å²) in [6.45, 7) is 5.50. The predicted octanol–water partition coefficient (Wildman–Crippen LogP) is 2.15. The zero-order chi connectivity index (χ0) is 14.3. The SMILES string of the molecule is CCOCCCC(=O)NC1(C(N)=S)CCC(C)CC1. The third kappa shape index (κ3) is 5.07. The summed E-state index contributed by atoms with van der Waals surface area (Å²) in [7, 11) is 0. The molecule has 0 heterocycles. The zero-order valence-electron chi connectivity index (χ0n) is 12.0. The normalized spacial score (nSPS) is 26.9. The number of nitrogens with one attached hydrogen (secondary N) is 1. The van der Waals surface area contributed by atoms with Gasteiger partial charge in [0.15, 0.2) is 0 Å². The molecule has 0 atom stereocenters. The van der Waals surface area contributed by atoms with Crippen LogP contribution in [0.15, 0.2) is 0 Å². The first kappa shape index (κ1) is 16.4. The average Bonchev–Trinajstić information content (AvgIpc) is 2.37. The standard InChI is InChI=1S/C14H26N2O2S/c1-3-18-10-4-5-12(17)16-14(13(15)19)8-6-11(2)7-9-14/h11H,3-10H2,1-2H3,(H2,15,19)(H,16,17). The van der Waals surface area contributed by atoms with Gasteiger partial charge in [0.2, 0.25) is 5.91 Å². The molecule has 1 rings (SSSR count). The summed E-state index contributed by atoms with van der Waals surface area (Å²) in [5.74, 6) is 0.722. The van der Waals surface area contributed by atoms with Gasteiger partial charge in [0.25, 0.3) is 0 Å². The Bertz CT molecular complexity index is 313. The number of carbonyl (C=O) groups excluding carboxylic acids is 1. The van der Waals surface area contributed by atoms with Gasteiger partial charge in [0.1, 0.15) is 0 Å². The Hall–Kier alpha value is -0.680. The Morgan fingerprint density at radius 1 is 1.47 bits per heavy atom. The van der Waals surface area contributed by atoms with Crippen molar-refractivity contribution in [1.82, 2.24) is 5.32 Å². The maximum atomic E-state index is 12.0. The van der Waals surface area contributed by atoms with Gasteiger partial charge in [-0.3, -0.25) is 4.79 Å². The minimum Gasteiger partial charge on any atom is -0.391 e. The molecule has 19 heavy (non-hydrogen) atoms. The summed E-state index contributed by atoms with van der Waals surface area (Å²) in [5.41, 5.74) is 5.41. The summed E-state index contributed by atoms with van der Waals surface area (Å²) in [5, 5.41) is 3.07. The topological polar surface area (TPSA) is 64.3 Å². The molecule has 0 bridgehead atoms. The lowest BCUT2D eigenvalue weighted by Crippen LogP contribution is -2.58. The summed E-state index contributed by atoms with van der Waals surface area (Å²) < 4.78 is 5.23. The molecule has 0 aromatic rings. The maximum Gasteiger partial charge on any atom is 0.220 e. The van der Waals surface area contributed by atoms with Gasteiger partial charge >= 0.3 is 0 Å². The van der Waals surface area contributed by atoms with E-state index in [1.54, 1.807) is 0 Å². The molecule has 0 aromatic carbocycles. The molecular weight excluding hydrogens is 260 g/mol. The minimum atomic E-state index is -0.454. The van der Waals surface area contributed by atoms with Crippen LogP contribution in [0, 0.1) is 5.92 Å². The van der Waals surface area contributed by atoms with E-state index in [2.05, 4.69) is 12.2 Å². The Labute approximate surface area is 121 Å².